The molecule has 3 atom stereocenters. The Morgan fingerprint density at radius 2 is 1.86 bits per heavy atom. The van der Waals surface area contributed by atoms with Crippen LogP contribution >= 0.6 is 0 Å². The molecule has 2 N–H and O–H groups in total. The molecular weight excluding hydrogens is 357 g/mol. The van der Waals surface area contributed by atoms with Gasteiger partial charge in [0.15, 0.2) is 0 Å². The molecule has 0 aliphatic carbocycles. The summed E-state index contributed by atoms with van der Waals surface area (Å²) in [7, 11) is 0. The maximum absolute atomic E-state index is 13.2. The number of piperazine rings is 1. The van der Waals surface area contributed by atoms with Crippen LogP contribution in [0.3, 0.4) is 0 Å². The zero-order valence-electron chi connectivity index (χ0n) is 15.8. The van der Waals surface area contributed by atoms with Crippen molar-refractivity contribution in [1.82, 2.24) is 10.6 Å². The van der Waals surface area contributed by atoms with Gasteiger partial charge in [0, 0.05) is 12.3 Å². The Balaban J connectivity index is 1.84. The first kappa shape index (κ1) is 19.6. The second-order valence-electron chi connectivity index (χ2n) is 7.17. The van der Waals surface area contributed by atoms with Crippen molar-refractivity contribution in [3.05, 3.63) is 71.0 Å². The van der Waals surface area contributed by atoms with E-state index in [1.165, 1.54) is 12.1 Å². The number of halogens is 1. The highest BCUT2D eigenvalue weighted by Crippen LogP contribution is 2.28. The number of hydrogen-bond acceptors (Lipinski definition) is 3. The minimum Gasteiger partial charge on any atom is -0.342 e. The molecule has 0 radical (unpaired) electrons. The largest absolute Gasteiger partial charge is 0.342 e. The van der Waals surface area contributed by atoms with E-state index >= 15 is 0 Å². The van der Waals surface area contributed by atoms with Crippen molar-refractivity contribution in [3.63, 3.8) is 0 Å². The van der Waals surface area contributed by atoms with E-state index < -0.39 is 11.6 Å². The van der Waals surface area contributed by atoms with Gasteiger partial charge in [-0.1, -0.05) is 44.2 Å². The molecule has 2 aromatic carbocycles. The summed E-state index contributed by atoms with van der Waals surface area (Å²) < 4.78 is 13.2. The summed E-state index contributed by atoms with van der Waals surface area (Å²) in [5, 5.41) is 15.1. The van der Waals surface area contributed by atoms with Gasteiger partial charge in [0.25, 0.3) is 0 Å². The van der Waals surface area contributed by atoms with Crippen molar-refractivity contribution in [2.45, 2.75) is 44.2 Å². The Hall–Kier alpha value is -3.20. The van der Waals surface area contributed by atoms with Crippen molar-refractivity contribution in [2.24, 2.45) is 0 Å². The van der Waals surface area contributed by atoms with E-state index in [4.69, 9.17) is 0 Å². The average Bonchev–Trinajstić information content (AvgIpc) is 2.71. The Morgan fingerprint density at radius 3 is 2.50 bits per heavy atom. The summed E-state index contributed by atoms with van der Waals surface area (Å²) in [5.74, 6) is -1.27. The van der Waals surface area contributed by atoms with Gasteiger partial charge in [-0.15, -0.1) is 0 Å². The summed E-state index contributed by atoms with van der Waals surface area (Å²) in [6.45, 7) is 3.65. The highest BCUT2D eigenvalue weighted by molar-refractivity contribution is 6.00. The van der Waals surface area contributed by atoms with E-state index in [9.17, 15) is 19.2 Å². The van der Waals surface area contributed by atoms with Crippen LogP contribution in [0.4, 0.5) is 4.39 Å². The van der Waals surface area contributed by atoms with Gasteiger partial charge < -0.3 is 10.6 Å². The first-order chi connectivity index (χ1) is 13.4. The van der Waals surface area contributed by atoms with Gasteiger partial charge in [0.05, 0.1) is 11.6 Å². The fourth-order valence-corrected chi connectivity index (χ4v) is 3.69. The molecule has 5 nitrogen and oxygen atoms in total. The number of nitrogens with zero attached hydrogens (tertiary/aromatic N) is 1. The molecule has 0 bridgehead atoms. The fraction of sp³-hybridized carbons (Fsp3) is 0.318. The molecular formula is C22H22FN3O2. The van der Waals surface area contributed by atoms with Crippen LogP contribution in [-0.2, 0) is 16.0 Å². The summed E-state index contributed by atoms with van der Waals surface area (Å²) in [5.41, 5.74) is 0.878. The predicted molar refractivity (Wildman–Crippen MR) is 103 cm³/mol. The number of amides is 2. The molecule has 1 saturated heterocycles. The van der Waals surface area contributed by atoms with Gasteiger partial charge in [-0.05, 0) is 35.7 Å². The molecule has 3 rings (SSSR count). The lowest BCUT2D eigenvalue weighted by atomic mass is 9.81. The standard InChI is InChI=1S/C22H22FN3O2/c1-3-22(12-15-8-10-17(23)11-9-15)21(28)25-19(20(27)26-22)14(2)18-7-5-4-6-16(18)13-24/h4-11,14,19H,3,12H2,1-2H3,(H,25,28)(H,26,27). The van der Waals surface area contributed by atoms with Gasteiger partial charge in [-0.25, -0.2) is 4.39 Å². The maximum atomic E-state index is 13.2. The molecule has 6 heteroatoms. The maximum Gasteiger partial charge on any atom is 0.246 e. The zero-order valence-corrected chi connectivity index (χ0v) is 15.8. The minimum absolute atomic E-state index is 0.273. The third-order valence-electron chi connectivity index (χ3n) is 5.46. The molecule has 0 spiro atoms. The van der Waals surface area contributed by atoms with Crippen molar-refractivity contribution in [2.75, 3.05) is 0 Å². The van der Waals surface area contributed by atoms with Crippen LogP contribution in [0.15, 0.2) is 48.5 Å². The molecule has 1 fully saturated rings. The van der Waals surface area contributed by atoms with E-state index in [2.05, 4.69) is 16.7 Å². The molecule has 2 aromatic rings. The number of nitrogens with one attached hydrogen (secondary N) is 2. The van der Waals surface area contributed by atoms with Crippen molar-refractivity contribution in [3.8, 4) is 6.07 Å². The normalized spacial score (nSPS) is 22.7. The van der Waals surface area contributed by atoms with Crippen molar-refractivity contribution in [1.29, 1.82) is 5.26 Å². The van der Waals surface area contributed by atoms with Crippen LogP contribution in [0.2, 0.25) is 0 Å². The first-order valence-electron chi connectivity index (χ1n) is 9.26. The molecule has 0 aromatic heterocycles. The smallest absolute Gasteiger partial charge is 0.246 e. The van der Waals surface area contributed by atoms with Crippen LogP contribution in [0.5, 0.6) is 0 Å². The topological polar surface area (TPSA) is 82.0 Å². The lowest BCUT2D eigenvalue weighted by Crippen LogP contribution is -2.70. The summed E-state index contributed by atoms with van der Waals surface area (Å²) in [4.78, 5) is 25.9. The summed E-state index contributed by atoms with van der Waals surface area (Å²) >= 11 is 0. The molecule has 3 unspecified atom stereocenters. The molecule has 0 saturated carbocycles. The van der Waals surface area contributed by atoms with E-state index in [-0.39, 0.29) is 30.0 Å². The molecule has 28 heavy (non-hydrogen) atoms. The van der Waals surface area contributed by atoms with E-state index in [0.717, 1.165) is 5.56 Å². The quantitative estimate of drug-likeness (QED) is 0.838. The average molecular weight is 379 g/mol. The highest BCUT2D eigenvalue weighted by atomic mass is 19.1. The van der Waals surface area contributed by atoms with Gasteiger partial charge in [0.1, 0.15) is 17.4 Å². The van der Waals surface area contributed by atoms with Gasteiger partial charge in [0.2, 0.25) is 11.8 Å². The van der Waals surface area contributed by atoms with Crippen LogP contribution in [-0.4, -0.2) is 23.4 Å². The van der Waals surface area contributed by atoms with Gasteiger partial charge in [-0.2, -0.15) is 5.26 Å². The van der Waals surface area contributed by atoms with Crippen molar-refractivity contribution < 1.29 is 14.0 Å². The van der Waals surface area contributed by atoms with Crippen molar-refractivity contribution >= 4 is 11.8 Å². The number of hydrogen-bond donors (Lipinski definition) is 2. The van der Waals surface area contributed by atoms with Crippen LogP contribution in [0.1, 0.15) is 42.9 Å². The lowest BCUT2D eigenvalue weighted by Gasteiger charge is -2.41. The third-order valence-corrected chi connectivity index (χ3v) is 5.46. The third kappa shape index (κ3) is 3.61. The predicted octanol–water partition coefficient (Wildman–Crippen LogP) is 2.81. The van der Waals surface area contributed by atoms with E-state index in [0.29, 0.717) is 17.5 Å². The SMILES string of the molecule is CCC1(Cc2ccc(F)cc2)NC(=O)C(C(C)c2ccccc2C#N)NC1=O. The highest BCUT2D eigenvalue weighted by Gasteiger charge is 2.46. The first-order valence-corrected chi connectivity index (χ1v) is 9.26. The summed E-state index contributed by atoms with van der Waals surface area (Å²) in [6.07, 6.45) is 0.676. The molecule has 1 aliphatic rings. The Bertz CT molecular complexity index is 936. The fourth-order valence-electron chi connectivity index (χ4n) is 3.69. The Morgan fingerprint density at radius 1 is 1.18 bits per heavy atom. The van der Waals surface area contributed by atoms with Crippen LogP contribution in [0.25, 0.3) is 0 Å². The van der Waals surface area contributed by atoms with Crippen LogP contribution in [0, 0.1) is 17.1 Å². The number of rotatable bonds is 5. The number of nitriles is 1. The Kier molecular flexibility index (Phi) is 5.46. The van der Waals surface area contributed by atoms with E-state index in [1.807, 2.05) is 13.8 Å². The van der Waals surface area contributed by atoms with Crippen LogP contribution < -0.4 is 10.6 Å². The molecule has 1 aliphatic heterocycles. The molecule has 1 heterocycles. The number of carbonyl (C=O) groups excluding carboxylic acids is 2. The molecule has 144 valence electrons. The van der Waals surface area contributed by atoms with Gasteiger partial charge >= 0.3 is 0 Å². The number of carbonyl (C=O) groups is 2. The van der Waals surface area contributed by atoms with E-state index in [1.54, 1.807) is 36.4 Å². The zero-order chi connectivity index (χ0) is 20.3. The second-order valence-corrected chi connectivity index (χ2v) is 7.17. The summed E-state index contributed by atoms with van der Waals surface area (Å²) in [6, 6.07) is 14.3. The molecule has 2 amide bonds. The monoisotopic (exact) mass is 379 g/mol. The van der Waals surface area contributed by atoms with Gasteiger partial charge in [-0.3, -0.25) is 9.59 Å². The second kappa shape index (κ2) is 7.81. The number of benzene rings is 2. The minimum atomic E-state index is -1.08. The lowest BCUT2D eigenvalue weighted by molar-refractivity contribution is -0.142. The Labute approximate surface area is 163 Å².